The monoisotopic (exact) mass is 449 g/mol. The minimum Gasteiger partial charge on any atom is -0.443 e. The summed E-state index contributed by atoms with van der Waals surface area (Å²) in [6.45, 7) is 2.46. The lowest BCUT2D eigenvalue weighted by Gasteiger charge is -2.32. The molecule has 1 amide bonds. The number of aromatic nitrogens is 4. The van der Waals surface area contributed by atoms with E-state index < -0.39 is 0 Å². The number of rotatable bonds is 5. The number of aryl methyl sites for hydroxylation is 2. The Morgan fingerprint density at radius 3 is 2.94 bits per heavy atom. The smallest absolute Gasteiger partial charge is 0.293 e. The number of piperidine rings is 1. The second-order valence-corrected chi connectivity index (χ2v) is 8.36. The molecule has 1 atom stereocenters. The van der Waals surface area contributed by atoms with Crippen LogP contribution < -0.4 is 0 Å². The molecule has 4 aromatic rings. The number of hydrogen-bond donors (Lipinski definition) is 0. The van der Waals surface area contributed by atoms with Crippen molar-refractivity contribution in [3.8, 4) is 11.3 Å². The highest BCUT2D eigenvalue weighted by atomic mass is 19.1. The summed E-state index contributed by atoms with van der Waals surface area (Å²) in [5, 5.41) is 8.41. The number of benzene rings is 1. The molecular formula is C24H24FN5O3. The molecule has 1 saturated heterocycles. The van der Waals surface area contributed by atoms with E-state index in [1.54, 1.807) is 27.9 Å². The lowest BCUT2D eigenvalue weighted by molar-refractivity contribution is 0.0528. The van der Waals surface area contributed by atoms with Crippen LogP contribution in [0.2, 0.25) is 0 Å². The first-order chi connectivity index (χ1) is 16.0. The molecule has 0 aliphatic carbocycles. The molecule has 1 aliphatic rings. The van der Waals surface area contributed by atoms with Gasteiger partial charge in [0.15, 0.2) is 0 Å². The van der Waals surface area contributed by atoms with Crippen molar-refractivity contribution in [1.82, 2.24) is 24.8 Å². The Bertz CT molecular complexity index is 1290. The molecule has 8 nitrogen and oxygen atoms in total. The average molecular weight is 449 g/mol. The second-order valence-electron chi connectivity index (χ2n) is 8.36. The van der Waals surface area contributed by atoms with E-state index in [1.807, 2.05) is 26.2 Å². The van der Waals surface area contributed by atoms with E-state index in [1.165, 1.54) is 12.1 Å². The highest BCUT2D eigenvalue weighted by Crippen LogP contribution is 2.33. The lowest BCUT2D eigenvalue weighted by atomic mass is 10.0. The van der Waals surface area contributed by atoms with Gasteiger partial charge in [-0.1, -0.05) is 17.3 Å². The summed E-state index contributed by atoms with van der Waals surface area (Å²) in [5.74, 6) is 0.751. The van der Waals surface area contributed by atoms with Crippen molar-refractivity contribution in [1.29, 1.82) is 0 Å². The zero-order chi connectivity index (χ0) is 22.9. The Morgan fingerprint density at radius 1 is 1.27 bits per heavy atom. The zero-order valence-electron chi connectivity index (χ0n) is 18.5. The fourth-order valence-electron chi connectivity index (χ4n) is 4.33. The van der Waals surface area contributed by atoms with Crippen LogP contribution in [0, 0.1) is 12.7 Å². The van der Waals surface area contributed by atoms with E-state index in [9.17, 15) is 9.18 Å². The molecule has 1 aromatic carbocycles. The number of hydrogen-bond acceptors (Lipinski definition) is 6. The first-order valence-electron chi connectivity index (χ1n) is 11.0. The number of oxazole rings is 1. The van der Waals surface area contributed by atoms with E-state index >= 15 is 0 Å². The summed E-state index contributed by atoms with van der Waals surface area (Å²) >= 11 is 0. The van der Waals surface area contributed by atoms with E-state index in [-0.39, 0.29) is 23.5 Å². The van der Waals surface area contributed by atoms with Crippen LogP contribution in [-0.4, -0.2) is 37.3 Å². The van der Waals surface area contributed by atoms with Crippen molar-refractivity contribution in [2.75, 3.05) is 6.54 Å². The predicted octanol–water partition coefficient (Wildman–Crippen LogP) is 4.47. The molecule has 5 rings (SSSR count). The largest absolute Gasteiger partial charge is 0.443 e. The van der Waals surface area contributed by atoms with E-state index in [0.717, 1.165) is 36.1 Å². The standard InChI is InChI=1S/C24H24FN5O3/c1-15-19(14-29(2)27-15)20-12-22(33-28-20)24(31)30-9-4-3-8-21(30)23-26-13-18(32-23)11-16-6-5-7-17(25)10-16/h5-7,10,12-14,21H,3-4,8-9,11H2,1-2H3/t21-/m0/s1. The van der Waals surface area contributed by atoms with Crippen LogP contribution in [0.5, 0.6) is 0 Å². The van der Waals surface area contributed by atoms with Crippen LogP contribution in [0.4, 0.5) is 4.39 Å². The number of carbonyl (C=O) groups is 1. The Morgan fingerprint density at radius 2 is 2.15 bits per heavy atom. The third-order valence-electron chi connectivity index (χ3n) is 5.90. The molecule has 9 heteroatoms. The third-order valence-corrected chi connectivity index (χ3v) is 5.90. The van der Waals surface area contributed by atoms with Gasteiger partial charge in [0.1, 0.15) is 23.3 Å². The molecule has 0 spiro atoms. The third kappa shape index (κ3) is 4.30. The normalized spacial score (nSPS) is 16.3. The number of nitrogens with zero attached hydrogens (tertiary/aromatic N) is 5. The Balaban J connectivity index is 1.35. The molecule has 0 bridgehead atoms. The average Bonchev–Trinajstić information content (AvgIpc) is 3.53. The second kappa shape index (κ2) is 8.65. The Kier molecular flexibility index (Phi) is 5.53. The molecule has 3 aromatic heterocycles. The van der Waals surface area contributed by atoms with Gasteiger partial charge in [-0.25, -0.2) is 9.37 Å². The zero-order valence-corrected chi connectivity index (χ0v) is 18.5. The summed E-state index contributed by atoms with van der Waals surface area (Å²) in [7, 11) is 1.83. The molecule has 1 aliphatic heterocycles. The summed E-state index contributed by atoms with van der Waals surface area (Å²) in [5.41, 5.74) is 3.01. The van der Waals surface area contributed by atoms with Gasteiger partial charge in [0.2, 0.25) is 11.7 Å². The van der Waals surface area contributed by atoms with Gasteiger partial charge in [-0.3, -0.25) is 9.48 Å². The quantitative estimate of drug-likeness (QED) is 0.447. The van der Waals surface area contributed by atoms with Crippen molar-refractivity contribution in [3.63, 3.8) is 0 Å². The van der Waals surface area contributed by atoms with Gasteiger partial charge < -0.3 is 13.8 Å². The number of likely N-dealkylation sites (tertiary alicyclic amines) is 1. The van der Waals surface area contributed by atoms with Crippen LogP contribution in [0.15, 0.2) is 51.7 Å². The minimum atomic E-state index is -0.291. The highest BCUT2D eigenvalue weighted by Gasteiger charge is 2.34. The summed E-state index contributed by atoms with van der Waals surface area (Å²) in [4.78, 5) is 19.5. The van der Waals surface area contributed by atoms with Crippen LogP contribution in [0.25, 0.3) is 11.3 Å². The fourth-order valence-corrected chi connectivity index (χ4v) is 4.33. The molecule has 0 N–H and O–H groups in total. The van der Waals surface area contributed by atoms with Crippen LogP contribution in [-0.2, 0) is 13.5 Å². The predicted molar refractivity (Wildman–Crippen MR) is 117 cm³/mol. The van der Waals surface area contributed by atoms with Crippen molar-refractivity contribution in [2.24, 2.45) is 7.05 Å². The molecule has 170 valence electrons. The van der Waals surface area contributed by atoms with Gasteiger partial charge in [0.05, 0.1) is 11.9 Å². The maximum atomic E-state index is 13.5. The van der Waals surface area contributed by atoms with Crippen molar-refractivity contribution in [3.05, 3.63) is 77.2 Å². The van der Waals surface area contributed by atoms with Gasteiger partial charge in [-0.15, -0.1) is 0 Å². The Labute approximate surface area is 190 Å². The maximum Gasteiger partial charge on any atom is 0.293 e. The minimum absolute atomic E-state index is 0.173. The molecule has 33 heavy (non-hydrogen) atoms. The first-order valence-corrected chi connectivity index (χ1v) is 11.0. The van der Waals surface area contributed by atoms with Crippen LogP contribution >= 0.6 is 0 Å². The molecule has 0 saturated carbocycles. The number of carbonyl (C=O) groups excluding carboxylic acids is 1. The van der Waals surface area contributed by atoms with Crippen molar-refractivity contribution < 1.29 is 18.1 Å². The number of halogens is 1. The van der Waals surface area contributed by atoms with E-state index in [0.29, 0.717) is 30.3 Å². The van der Waals surface area contributed by atoms with Crippen molar-refractivity contribution in [2.45, 2.75) is 38.6 Å². The molecule has 4 heterocycles. The fraction of sp³-hybridized carbons (Fsp3) is 0.333. The summed E-state index contributed by atoms with van der Waals surface area (Å²) in [6, 6.07) is 7.76. The topological polar surface area (TPSA) is 90.2 Å². The summed E-state index contributed by atoms with van der Waals surface area (Å²) < 4.78 is 26.6. The van der Waals surface area contributed by atoms with Crippen LogP contribution in [0.1, 0.15) is 58.8 Å². The molecule has 1 fully saturated rings. The molecule has 0 unspecified atom stereocenters. The van der Waals surface area contributed by atoms with Gasteiger partial charge in [0.25, 0.3) is 5.91 Å². The summed E-state index contributed by atoms with van der Waals surface area (Å²) in [6.07, 6.45) is 6.53. The Hall–Kier alpha value is -3.75. The van der Waals surface area contributed by atoms with E-state index in [4.69, 9.17) is 8.94 Å². The molecular weight excluding hydrogens is 425 g/mol. The maximum absolute atomic E-state index is 13.5. The van der Waals surface area contributed by atoms with Crippen molar-refractivity contribution >= 4 is 5.91 Å². The van der Waals surface area contributed by atoms with Gasteiger partial charge in [0, 0.05) is 37.8 Å². The van der Waals surface area contributed by atoms with Gasteiger partial charge in [-0.2, -0.15) is 5.10 Å². The van der Waals surface area contributed by atoms with Gasteiger partial charge in [-0.05, 0) is 43.9 Å². The van der Waals surface area contributed by atoms with Gasteiger partial charge >= 0.3 is 0 Å². The lowest BCUT2D eigenvalue weighted by Crippen LogP contribution is -2.38. The SMILES string of the molecule is Cc1nn(C)cc1-c1cc(C(=O)N2CCCC[C@H]2c2ncc(Cc3cccc(F)c3)o2)on1. The van der Waals surface area contributed by atoms with E-state index in [2.05, 4.69) is 15.2 Å². The first kappa shape index (κ1) is 21.1. The molecule has 0 radical (unpaired) electrons. The highest BCUT2D eigenvalue weighted by molar-refractivity contribution is 5.92. The van der Waals surface area contributed by atoms with Crippen LogP contribution in [0.3, 0.4) is 0 Å². The number of amides is 1.